The molecule has 3 heterocycles. The first kappa shape index (κ1) is 21.7. The van der Waals surface area contributed by atoms with E-state index in [9.17, 15) is 8.42 Å². The summed E-state index contributed by atoms with van der Waals surface area (Å²) in [5, 5.41) is 14.6. The van der Waals surface area contributed by atoms with Crippen LogP contribution in [-0.2, 0) is 26.9 Å². The van der Waals surface area contributed by atoms with Crippen LogP contribution in [0.3, 0.4) is 0 Å². The van der Waals surface area contributed by atoms with Crippen LogP contribution in [0, 0.1) is 0 Å². The maximum atomic E-state index is 12.8. The predicted molar refractivity (Wildman–Crippen MR) is 122 cm³/mol. The van der Waals surface area contributed by atoms with Gasteiger partial charge in [-0.25, -0.2) is 8.42 Å². The van der Waals surface area contributed by atoms with Gasteiger partial charge in [0.15, 0.2) is 4.34 Å². The van der Waals surface area contributed by atoms with Crippen LogP contribution in [0.15, 0.2) is 51.0 Å². The first-order chi connectivity index (χ1) is 14.6. The van der Waals surface area contributed by atoms with Crippen LogP contribution in [0.4, 0.5) is 5.13 Å². The Morgan fingerprint density at radius 3 is 2.83 bits per heavy atom. The normalized spacial score (nSPS) is 15.3. The predicted octanol–water partition coefficient (Wildman–Crippen LogP) is 3.57. The average molecular weight is 483 g/mol. The molecule has 1 aliphatic heterocycles. The number of nitrogens with one attached hydrogen (secondary N) is 1. The van der Waals surface area contributed by atoms with Crippen molar-refractivity contribution in [2.75, 3.05) is 38.2 Å². The molecular weight excluding hydrogens is 461 g/mol. The van der Waals surface area contributed by atoms with Crippen molar-refractivity contribution in [3.63, 3.8) is 0 Å². The van der Waals surface area contributed by atoms with Gasteiger partial charge in [-0.3, -0.25) is 0 Å². The second-order valence-corrected chi connectivity index (χ2v) is 11.8. The number of benzene rings is 1. The maximum absolute atomic E-state index is 12.8. The van der Waals surface area contributed by atoms with Crippen LogP contribution in [-0.4, -0.2) is 55.8 Å². The second-order valence-electron chi connectivity index (χ2n) is 6.58. The van der Waals surface area contributed by atoms with E-state index >= 15 is 0 Å². The molecule has 1 aromatic carbocycles. The molecular formula is C19H22N4O3S4. The van der Waals surface area contributed by atoms with E-state index in [0.29, 0.717) is 37.0 Å². The number of hydrogen-bond acceptors (Lipinski definition) is 9. The molecule has 1 saturated heterocycles. The minimum Gasteiger partial charge on any atom is -0.379 e. The van der Waals surface area contributed by atoms with E-state index < -0.39 is 10.0 Å². The molecule has 7 nitrogen and oxygen atoms in total. The van der Waals surface area contributed by atoms with E-state index in [0.717, 1.165) is 28.0 Å². The number of hydrogen-bond donors (Lipinski definition) is 1. The monoisotopic (exact) mass is 482 g/mol. The number of sulfonamides is 1. The molecule has 3 aromatic rings. The molecule has 0 radical (unpaired) electrons. The number of thioether (sulfide) groups is 1. The van der Waals surface area contributed by atoms with Gasteiger partial charge in [0.1, 0.15) is 0 Å². The van der Waals surface area contributed by atoms with Gasteiger partial charge < -0.3 is 10.1 Å². The summed E-state index contributed by atoms with van der Waals surface area (Å²) in [4.78, 5) is 1.67. The molecule has 0 atom stereocenters. The average Bonchev–Trinajstić information content (AvgIpc) is 3.45. The van der Waals surface area contributed by atoms with Gasteiger partial charge in [-0.1, -0.05) is 41.3 Å². The molecule has 1 N–H and O–H groups in total. The number of aromatic nitrogens is 2. The molecule has 11 heteroatoms. The van der Waals surface area contributed by atoms with Crippen molar-refractivity contribution in [1.29, 1.82) is 0 Å². The van der Waals surface area contributed by atoms with Gasteiger partial charge in [0.25, 0.3) is 0 Å². The summed E-state index contributed by atoms with van der Waals surface area (Å²) in [6, 6.07) is 11.3. The van der Waals surface area contributed by atoms with Crippen LogP contribution in [0.25, 0.3) is 0 Å². The highest BCUT2D eigenvalue weighted by molar-refractivity contribution is 8.00. The number of ether oxygens (including phenoxy) is 1. The fourth-order valence-electron chi connectivity index (χ4n) is 2.96. The largest absolute Gasteiger partial charge is 0.379 e. The number of rotatable bonds is 9. The van der Waals surface area contributed by atoms with Crippen molar-refractivity contribution in [3.8, 4) is 0 Å². The van der Waals surface area contributed by atoms with Gasteiger partial charge in [-0.05, 0) is 35.6 Å². The Hall–Kier alpha value is -1.50. The lowest BCUT2D eigenvalue weighted by Crippen LogP contribution is -2.40. The minimum absolute atomic E-state index is 0.329. The zero-order valence-corrected chi connectivity index (χ0v) is 19.5. The first-order valence-corrected chi connectivity index (χ1v) is 13.6. The fraction of sp³-hybridized carbons (Fsp3) is 0.368. The van der Waals surface area contributed by atoms with E-state index in [-0.39, 0.29) is 0 Å². The molecule has 160 valence electrons. The maximum Gasteiger partial charge on any atom is 0.243 e. The minimum atomic E-state index is -3.48. The third kappa shape index (κ3) is 5.59. The Morgan fingerprint density at radius 1 is 1.17 bits per heavy atom. The van der Waals surface area contributed by atoms with Crippen molar-refractivity contribution in [1.82, 2.24) is 14.5 Å². The highest BCUT2D eigenvalue weighted by atomic mass is 32.2. The van der Waals surface area contributed by atoms with Crippen molar-refractivity contribution in [3.05, 3.63) is 52.2 Å². The Labute approximate surface area is 188 Å². The summed E-state index contributed by atoms with van der Waals surface area (Å²) in [5.74, 6) is 0.635. The summed E-state index contributed by atoms with van der Waals surface area (Å²) in [6.07, 6.45) is 0.962. The van der Waals surface area contributed by atoms with Crippen molar-refractivity contribution < 1.29 is 13.2 Å². The van der Waals surface area contributed by atoms with Crippen molar-refractivity contribution in [2.24, 2.45) is 0 Å². The van der Waals surface area contributed by atoms with E-state index in [2.05, 4.69) is 33.0 Å². The van der Waals surface area contributed by atoms with Crippen LogP contribution in [0.5, 0.6) is 0 Å². The topological polar surface area (TPSA) is 84.4 Å². The van der Waals surface area contributed by atoms with Crippen LogP contribution >= 0.6 is 34.4 Å². The summed E-state index contributed by atoms with van der Waals surface area (Å²) in [6.45, 7) is 2.50. The number of nitrogens with zero attached hydrogens (tertiary/aromatic N) is 3. The van der Waals surface area contributed by atoms with E-state index in [1.807, 2.05) is 6.07 Å². The molecule has 0 spiro atoms. The van der Waals surface area contributed by atoms with Crippen LogP contribution in [0.2, 0.25) is 0 Å². The standard InChI is InChI=1S/C19H22N4O3S4/c24-30(25,23-8-10-26-11-9-23)17-5-1-3-15(13-17)14-28-19-22-21-18(29-19)20-7-6-16-4-2-12-27-16/h1-5,12-13H,6-11,14H2,(H,20,21). The van der Waals surface area contributed by atoms with Gasteiger partial charge in [0.05, 0.1) is 18.1 Å². The Kier molecular flexibility index (Phi) is 7.39. The molecule has 0 saturated carbocycles. The van der Waals surface area contributed by atoms with Crippen molar-refractivity contribution >= 4 is 49.6 Å². The molecule has 0 aliphatic carbocycles. The van der Waals surface area contributed by atoms with E-state index in [1.54, 1.807) is 41.3 Å². The highest BCUT2D eigenvalue weighted by Gasteiger charge is 2.26. The second kappa shape index (κ2) is 10.2. The lowest BCUT2D eigenvalue weighted by atomic mass is 10.2. The summed E-state index contributed by atoms with van der Waals surface area (Å²) >= 11 is 4.83. The first-order valence-electron chi connectivity index (χ1n) is 9.51. The molecule has 2 aromatic heterocycles. The molecule has 0 amide bonds. The molecule has 4 rings (SSSR count). The quantitative estimate of drug-likeness (QED) is 0.467. The van der Waals surface area contributed by atoms with Crippen molar-refractivity contribution in [2.45, 2.75) is 21.4 Å². The van der Waals surface area contributed by atoms with Crippen LogP contribution in [0.1, 0.15) is 10.4 Å². The molecule has 30 heavy (non-hydrogen) atoms. The van der Waals surface area contributed by atoms with Gasteiger partial charge in [0, 0.05) is 30.3 Å². The smallest absolute Gasteiger partial charge is 0.243 e. The Balaban J connectivity index is 1.32. The summed E-state index contributed by atoms with van der Waals surface area (Å²) in [7, 11) is -3.48. The SMILES string of the molecule is O=S(=O)(c1cccc(CSc2nnc(NCCc3cccs3)s2)c1)N1CCOCC1. The zero-order valence-electron chi connectivity index (χ0n) is 16.2. The third-order valence-corrected chi connectivity index (χ3v) is 9.42. The molecule has 0 unspecified atom stereocenters. The van der Waals surface area contributed by atoms with Gasteiger partial charge in [-0.15, -0.1) is 21.5 Å². The summed E-state index contributed by atoms with van der Waals surface area (Å²) < 4.78 is 33.3. The number of thiophene rings is 1. The zero-order chi connectivity index (χ0) is 20.8. The summed E-state index contributed by atoms with van der Waals surface area (Å²) in [5.41, 5.74) is 0.941. The number of morpholine rings is 1. The Bertz CT molecular complexity index is 1050. The van der Waals surface area contributed by atoms with E-state index in [1.165, 1.54) is 20.5 Å². The lowest BCUT2D eigenvalue weighted by Gasteiger charge is -2.26. The Morgan fingerprint density at radius 2 is 2.03 bits per heavy atom. The molecule has 0 bridgehead atoms. The van der Waals surface area contributed by atoms with Gasteiger partial charge in [-0.2, -0.15) is 4.31 Å². The highest BCUT2D eigenvalue weighted by Crippen LogP contribution is 2.29. The van der Waals surface area contributed by atoms with Crippen LogP contribution < -0.4 is 5.32 Å². The van der Waals surface area contributed by atoms with Gasteiger partial charge in [0.2, 0.25) is 15.2 Å². The third-order valence-electron chi connectivity index (χ3n) is 4.50. The molecule has 1 fully saturated rings. The number of anilines is 1. The fourth-order valence-corrected chi connectivity index (χ4v) is 6.87. The van der Waals surface area contributed by atoms with Gasteiger partial charge >= 0.3 is 0 Å². The van der Waals surface area contributed by atoms with E-state index in [4.69, 9.17) is 4.74 Å². The lowest BCUT2D eigenvalue weighted by molar-refractivity contribution is 0.0730. The molecule has 1 aliphatic rings.